The molecular weight excluding hydrogens is 232 g/mol. The number of halogens is 1. The number of aromatic nitrogens is 1. The molecule has 2 N–H and O–H groups in total. The first kappa shape index (κ1) is 11.1. The lowest BCUT2D eigenvalue weighted by Gasteiger charge is -2.22. The standard InChI is InChI=1S/C14H17ClN2/c1-9-13(15)3-2-11-12(8-17-14(9)11)10-4-6-16-7-5-10/h2-3,8,10,16-17H,4-7H2,1H3. The lowest BCUT2D eigenvalue weighted by Crippen LogP contribution is -2.26. The smallest absolute Gasteiger partial charge is 0.0501 e. The maximum atomic E-state index is 6.15. The van der Waals surface area contributed by atoms with Crippen LogP contribution in [0.25, 0.3) is 10.9 Å². The third-order valence-electron chi connectivity index (χ3n) is 3.86. The predicted molar refractivity (Wildman–Crippen MR) is 72.9 cm³/mol. The molecule has 2 heterocycles. The van der Waals surface area contributed by atoms with Crippen molar-refractivity contribution >= 4 is 22.5 Å². The maximum Gasteiger partial charge on any atom is 0.0501 e. The fourth-order valence-electron chi connectivity index (χ4n) is 2.81. The van der Waals surface area contributed by atoms with Crippen LogP contribution in [0.1, 0.15) is 29.9 Å². The van der Waals surface area contributed by atoms with Crippen LogP contribution in [0.4, 0.5) is 0 Å². The second kappa shape index (κ2) is 4.35. The number of aryl methyl sites for hydroxylation is 1. The maximum absolute atomic E-state index is 6.15. The van der Waals surface area contributed by atoms with E-state index in [9.17, 15) is 0 Å². The Labute approximate surface area is 106 Å². The minimum Gasteiger partial charge on any atom is -0.361 e. The number of fused-ring (bicyclic) bond motifs is 1. The number of benzene rings is 1. The zero-order valence-electron chi connectivity index (χ0n) is 10.0. The summed E-state index contributed by atoms with van der Waals surface area (Å²) >= 11 is 6.15. The van der Waals surface area contributed by atoms with Gasteiger partial charge in [0.15, 0.2) is 0 Å². The van der Waals surface area contributed by atoms with Gasteiger partial charge in [-0.25, -0.2) is 0 Å². The van der Waals surface area contributed by atoms with Gasteiger partial charge in [-0.1, -0.05) is 17.7 Å². The van der Waals surface area contributed by atoms with Gasteiger partial charge in [0.05, 0.1) is 5.52 Å². The second-order valence-corrected chi connectivity index (χ2v) is 5.27. The predicted octanol–water partition coefficient (Wildman–Crippen LogP) is 3.60. The van der Waals surface area contributed by atoms with Crippen LogP contribution >= 0.6 is 11.6 Å². The summed E-state index contributed by atoms with van der Waals surface area (Å²) in [5, 5.41) is 5.60. The van der Waals surface area contributed by atoms with E-state index in [1.807, 2.05) is 6.07 Å². The van der Waals surface area contributed by atoms with Crippen molar-refractivity contribution in [3.63, 3.8) is 0 Å². The molecule has 0 atom stereocenters. The van der Waals surface area contributed by atoms with Gasteiger partial charge in [-0.3, -0.25) is 0 Å². The van der Waals surface area contributed by atoms with Crippen LogP contribution in [-0.2, 0) is 0 Å². The van der Waals surface area contributed by atoms with E-state index in [2.05, 4.69) is 29.5 Å². The molecular formula is C14H17ClN2. The fourth-order valence-corrected chi connectivity index (χ4v) is 2.97. The van der Waals surface area contributed by atoms with Gasteiger partial charge in [-0.2, -0.15) is 0 Å². The van der Waals surface area contributed by atoms with Gasteiger partial charge in [-0.15, -0.1) is 0 Å². The lowest BCUT2D eigenvalue weighted by atomic mass is 9.90. The molecule has 0 aliphatic carbocycles. The molecule has 0 radical (unpaired) electrons. The van der Waals surface area contributed by atoms with Crippen molar-refractivity contribution in [3.8, 4) is 0 Å². The fraction of sp³-hybridized carbons (Fsp3) is 0.429. The van der Waals surface area contributed by atoms with Crippen molar-refractivity contribution in [2.45, 2.75) is 25.7 Å². The van der Waals surface area contributed by atoms with Crippen molar-refractivity contribution in [1.29, 1.82) is 0 Å². The van der Waals surface area contributed by atoms with Gasteiger partial charge in [-0.05, 0) is 56.0 Å². The monoisotopic (exact) mass is 248 g/mol. The van der Waals surface area contributed by atoms with Crippen molar-refractivity contribution < 1.29 is 0 Å². The Bertz CT molecular complexity index is 538. The van der Waals surface area contributed by atoms with Crippen molar-refractivity contribution in [2.24, 2.45) is 0 Å². The van der Waals surface area contributed by atoms with Gasteiger partial charge in [0.1, 0.15) is 0 Å². The van der Waals surface area contributed by atoms with Crippen LogP contribution < -0.4 is 5.32 Å². The average Bonchev–Trinajstić information content (AvgIpc) is 2.79. The molecule has 1 aromatic heterocycles. The molecule has 0 unspecified atom stereocenters. The topological polar surface area (TPSA) is 27.8 Å². The van der Waals surface area contributed by atoms with Crippen LogP contribution in [-0.4, -0.2) is 18.1 Å². The van der Waals surface area contributed by atoms with Gasteiger partial charge in [0.25, 0.3) is 0 Å². The highest BCUT2D eigenvalue weighted by atomic mass is 35.5. The Morgan fingerprint density at radius 2 is 2.00 bits per heavy atom. The van der Waals surface area contributed by atoms with Crippen molar-refractivity contribution in [2.75, 3.05) is 13.1 Å². The molecule has 1 aliphatic rings. The Kier molecular flexibility index (Phi) is 2.85. The Morgan fingerprint density at radius 1 is 1.24 bits per heavy atom. The van der Waals surface area contributed by atoms with Crippen LogP contribution in [0.2, 0.25) is 5.02 Å². The molecule has 1 saturated heterocycles. The number of hydrogen-bond acceptors (Lipinski definition) is 1. The SMILES string of the molecule is Cc1c(Cl)ccc2c(C3CCNCC3)c[nH]c12. The van der Waals surface area contributed by atoms with Crippen molar-refractivity contribution in [3.05, 3.63) is 34.5 Å². The minimum absolute atomic E-state index is 0.686. The van der Waals surface area contributed by atoms with Gasteiger partial charge >= 0.3 is 0 Å². The van der Waals surface area contributed by atoms with Crippen LogP contribution in [0, 0.1) is 6.92 Å². The summed E-state index contributed by atoms with van der Waals surface area (Å²) in [6.07, 6.45) is 4.63. The number of piperidine rings is 1. The summed E-state index contributed by atoms with van der Waals surface area (Å²) in [6.45, 7) is 4.33. The van der Waals surface area contributed by atoms with Crippen LogP contribution in [0.15, 0.2) is 18.3 Å². The third kappa shape index (κ3) is 1.85. The molecule has 1 aliphatic heterocycles. The molecule has 3 heteroatoms. The van der Waals surface area contributed by atoms with Gasteiger partial charge < -0.3 is 10.3 Å². The molecule has 0 bridgehead atoms. The normalized spacial score (nSPS) is 17.8. The third-order valence-corrected chi connectivity index (χ3v) is 4.27. The van der Waals surface area contributed by atoms with Crippen LogP contribution in [0.3, 0.4) is 0 Å². The first-order valence-electron chi connectivity index (χ1n) is 6.24. The first-order valence-corrected chi connectivity index (χ1v) is 6.62. The zero-order valence-corrected chi connectivity index (χ0v) is 10.8. The highest BCUT2D eigenvalue weighted by molar-refractivity contribution is 6.32. The largest absolute Gasteiger partial charge is 0.361 e. The highest BCUT2D eigenvalue weighted by Gasteiger charge is 2.19. The quantitative estimate of drug-likeness (QED) is 0.793. The molecule has 0 spiro atoms. The summed E-state index contributed by atoms with van der Waals surface area (Å²) in [6, 6.07) is 4.16. The molecule has 17 heavy (non-hydrogen) atoms. The molecule has 1 aromatic carbocycles. The van der Waals surface area contributed by atoms with E-state index in [4.69, 9.17) is 11.6 Å². The van der Waals surface area contributed by atoms with Gasteiger partial charge in [0.2, 0.25) is 0 Å². The number of H-pyrrole nitrogens is 1. The van der Waals surface area contributed by atoms with E-state index in [0.29, 0.717) is 5.92 Å². The number of nitrogens with one attached hydrogen (secondary N) is 2. The van der Waals surface area contributed by atoms with Crippen molar-refractivity contribution in [1.82, 2.24) is 10.3 Å². The lowest BCUT2D eigenvalue weighted by molar-refractivity contribution is 0.462. The molecule has 1 fully saturated rings. The van der Waals surface area contributed by atoms with E-state index in [-0.39, 0.29) is 0 Å². The Hall–Kier alpha value is -0.990. The Morgan fingerprint density at radius 3 is 2.76 bits per heavy atom. The van der Waals surface area contributed by atoms with E-state index in [1.165, 1.54) is 29.3 Å². The minimum atomic E-state index is 0.686. The number of rotatable bonds is 1. The average molecular weight is 249 g/mol. The van der Waals surface area contributed by atoms with Crippen LogP contribution in [0.5, 0.6) is 0 Å². The molecule has 90 valence electrons. The van der Waals surface area contributed by atoms with E-state index in [1.54, 1.807) is 0 Å². The van der Waals surface area contributed by atoms with Gasteiger partial charge in [0, 0.05) is 16.6 Å². The van der Waals surface area contributed by atoms with E-state index >= 15 is 0 Å². The summed E-state index contributed by atoms with van der Waals surface area (Å²) in [7, 11) is 0. The molecule has 2 aromatic rings. The van der Waals surface area contributed by atoms with E-state index in [0.717, 1.165) is 23.7 Å². The highest BCUT2D eigenvalue weighted by Crippen LogP contribution is 2.34. The van der Waals surface area contributed by atoms with E-state index < -0.39 is 0 Å². The second-order valence-electron chi connectivity index (χ2n) is 4.86. The zero-order chi connectivity index (χ0) is 11.8. The summed E-state index contributed by atoms with van der Waals surface area (Å²) in [5.74, 6) is 0.686. The summed E-state index contributed by atoms with van der Waals surface area (Å²) in [5.41, 5.74) is 3.82. The number of aromatic amines is 1. The molecule has 2 nitrogen and oxygen atoms in total. The molecule has 3 rings (SSSR count). The molecule has 0 amide bonds. The Balaban J connectivity index is 2.08. The summed E-state index contributed by atoms with van der Waals surface area (Å²) in [4.78, 5) is 3.39. The first-order chi connectivity index (χ1) is 8.27. The molecule has 0 saturated carbocycles. The summed E-state index contributed by atoms with van der Waals surface area (Å²) < 4.78 is 0. The number of hydrogen-bond donors (Lipinski definition) is 2.